The first kappa shape index (κ1) is 18.4. The zero-order valence-electron chi connectivity index (χ0n) is 11.9. The number of amides is 1. The third kappa shape index (κ3) is 6.50. The molecule has 0 aromatic carbocycles. The largest absolute Gasteiger partial charge is 0.448 e. The van der Waals surface area contributed by atoms with Gasteiger partial charge in [-0.15, -0.1) is 5.06 Å². The molecular formula is C12H21NO7. The summed E-state index contributed by atoms with van der Waals surface area (Å²) in [7, 11) is 0. The van der Waals surface area contributed by atoms with Gasteiger partial charge in [-0.2, -0.15) is 0 Å². The summed E-state index contributed by atoms with van der Waals surface area (Å²) in [6, 6.07) is 0. The van der Waals surface area contributed by atoms with E-state index in [2.05, 4.69) is 6.58 Å². The van der Waals surface area contributed by atoms with E-state index in [9.17, 15) is 14.7 Å². The first-order valence-corrected chi connectivity index (χ1v) is 6.07. The fourth-order valence-electron chi connectivity index (χ4n) is 1.02. The van der Waals surface area contributed by atoms with Crippen LogP contribution in [0.3, 0.4) is 0 Å². The number of hydrogen-bond acceptors (Lipinski definition) is 7. The van der Waals surface area contributed by atoms with Gasteiger partial charge in [0.1, 0.15) is 12.7 Å². The Hall–Kier alpha value is -1.64. The molecule has 0 aliphatic heterocycles. The van der Waals surface area contributed by atoms with Crippen molar-refractivity contribution in [1.82, 2.24) is 5.06 Å². The van der Waals surface area contributed by atoms with Crippen LogP contribution in [0.5, 0.6) is 0 Å². The van der Waals surface area contributed by atoms with Crippen LogP contribution >= 0.6 is 0 Å². The third-order valence-corrected chi connectivity index (χ3v) is 2.02. The number of hydrogen-bond donors (Lipinski definition) is 2. The van der Waals surface area contributed by atoms with Crippen molar-refractivity contribution in [2.45, 2.75) is 33.1 Å². The smallest absolute Gasteiger partial charge is 0.437 e. The van der Waals surface area contributed by atoms with E-state index >= 15 is 0 Å². The molecule has 2 N–H and O–H groups in total. The highest BCUT2D eigenvalue weighted by atomic mass is 16.8. The molecule has 116 valence electrons. The minimum Gasteiger partial charge on any atom is -0.448 e. The fraction of sp³-hybridized carbons (Fsp3) is 0.667. The van der Waals surface area contributed by atoms with Crippen molar-refractivity contribution < 1.29 is 34.1 Å². The highest BCUT2D eigenvalue weighted by Crippen LogP contribution is 2.08. The van der Waals surface area contributed by atoms with E-state index in [-0.39, 0.29) is 18.8 Å². The predicted molar refractivity (Wildman–Crippen MR) is 68.3 cm³/mol. The van der Waals surface area contributed by atoms with Crippen molar-refractivity contribution in [3.8, 4) is 0 Å². The van der Waals surface area contributed by atoms with Crippen molar-refractivity contribution in [3.05, 3.63) is 12.2 Å². The summed E-state index contributed by atoms with van der Waals surface area (Å²) < 4.78 is 9.66. The maximum Gasteiger partial charge on any atom is 0.437 e. The number of nitrogens with zero attached hydrogens (tertiary/aromatic N) is 1. The molecule has 0 radical (unpaired) electrons. The Bertz CT molecular complexity index is 345. The zero-order chi connectivity index (χ0) is 15.7. The molecule has 8 heteroatoms. The molecule has 20 heavy (non-hydrogen) atoms. The number of aliphatic hydroxyl groups excluding tert-OH is 2. The molecule has 2 atom stereocenters. The first-order chi connectivity index (χ1) is 9.33. The Morgan fingerprint density at radius 1 is 1.40 bits per heavy atom. The molecular weight excluding hydrogens is 270 g/mol. The topological polar surface area (TPSA) is 106 Å². The molecule has 0 bridgehead atoms. The summed E-state index contributed by atoms with van der Waals surface area (Å²) in [4.78, 5) is 28.0. The molecule has 1 amide bonds. The molecule has 0 aliphatic rings. The summed E-state index contributed by atoms with van der Waals surface area (Å²) >= 11 is 0. The van der Waals surface area contributed by atoms with E-state index < -0.39 is 31.0 Å². The summed E-state index contributed by atoms with van der Waals surface area (Å²) in [5, 5.41) is 18.5. The minimum atomic E-state index is -1.17. The van der Waals surface area contributed by atoms with Crippen LogP contribution in [-0.2, 0) is 19.1 Å². The van der Waals surface area contributed by atoms with Crippen LogP contribution in [0.4, 0.5) is 4.79 Å². The number of rotatable bonds is 8. The Morgan fingerprint density at radius 3 is 2.45 bits per heavy atom. The molecule has 2 unspecified atom stereocenters. The van der Waals surface area contributed by atoms with Crippen molar-refractivity contribution >= 4 is 12.1 Å². The molecule has 0 aromatic heterocycles. The number of hydroxylamine groups is 2. The Balaban J connectivity index is 4.69. The maximum atomic E-state index is 11.7. The lowest BCUT2D eigenvalue weighted by molar-refractivity contribution is -0.230. The van der Waals surface area contributed by atoms with Gasteiger partial charge in [0.15, 0.2) is 0 Å². The van der Waals surface area contributed by atoms with Crippen molar-refractivity contribution in [3.63, 3.8) is 0 Å². The normalized spacial score (nSPS) is 13.2. The van der Waals surface area contributed by atoms with Crippen LogP contribution in [0.2, 0.25) is 0 Å². The summed E-state index contributed by atoms with van der Waals surface area (Å²) in [5.41, 5.74) is 0.163. The van der Waals surface area contributed by atoms with Crippen LogP contribution in [0, 0.1) is 0 Å². The van der Waals surface area contributed by atoms with Gasteiger partial charge in [0.2, 0.25) is 6.23 Å². The number of ether oxygens (including phenoxy) is 2. The van der Waals surface area contributed by atoms with Crippen molar-refractivity contribution in [1.29, 1.82) is 0 Å². The van der Waals surface area contributed by atoms with Crippen molar-refractivity contribution in [2.24, 2.45) is 0 Å². The van der Waals surface area contributed by atoms with Gasteiger partial charge in [0.25, 0.3) is 0 Å². The second kappa shape index (κ2) is 9.29. The summed E-state index contributed by atoms with van der Waals surface area (Å²) in [6.45, 7) is 7.08. The second-order valence-corrected chi connectivity index (χ2v) is 3.94. The predicted octanol–water partition coefficient (Wildman–Crippen LogP) is 0.195. The average molecular weight is 291 g/mol. The van der Waals surface area contributed by atoms with E-state index in [0.717, 1.165) is 0 Å². The van der Waals surface area contributed by atoms with Gasteiger partial charge in [0.05, 0.1) is 13.2 Å². The minimum absolute atomic E-state index is 0.0996. The monoisotopic (exact) mass is 291 g/mol. The third-order valence-electron chi connectivity index (χ3n) is 2.02. The van der Waals surface area contributed by atoms with Gasteiger partial charge in [-0.25, -0.2) is 9.59 Å². The quantitative estimate of drug-likeness (QED) is 0.285. The van der Waals surface area contributed by atoms with E-state index in [1.54, 1.807) is 6.92 Å². The second-order valence-electron chi connectivity index (χ2n) is 3.94. The Labute approximate surface area is 117 Å². The average Bonchev–Trinajstić information content (AvgIpc) is 2.38. The molecule has 8 nitrogen and oxygen atoms in total. The van der Waals surface area contributed by atoms with Crippen LogP contribution < -0.4 is 0 Å². The SMILES string of the molecule is C=C(C)C(=O)OC(C)N(OCC(O)CO)C(=O)OCC. The van der Waals surface area contributed by atoms with Gasteiger partial charge in [0, 0.05) is 5.57 Å². The van der Waals surface area contributed by atoms with Gasteiger partial charge in [-0.3, -0.25) is 4.84 Å². The standard InChI is InChI=1S/C12H21NO7/c1-5-18-12(17)13(19-7-10(15)6-14)9(4)20-11(16)8(2)3/h9-10,14-15H,2,5-7H2,1,3-4H3. The molecule has 0 saturated carbocycles. The molecule has 0 saturated heterocycles. The maximum absolute atomic E-state index is 11.7. The van der Waals surface area contributed by atoms with Crippen molar-refractivity contribution in [2.75, 3.05) is 19.8 Å². The van der Waals surface area contributed by atoms with Crippen LogP contribution in [0.25, 0.3) is 0 Å². The molecule has 0 rings (SSSR count). The zero-order valence-corrected chi connectivity index (χ0v) is 11.9. The summed E-state index contributed by atoms with van der Waals surface area (Å²) in [6.07, 6.45) is -3.13. The molecule has 0 fully saturated rings. The summed E-state index contributed by atoms with van der Waals surface area (Å²) in [5.74, 6) is -0.696. The van der Waals surface area contributed by atoms with Crippen LogP contribution in [0.15, 0.2) is 12.2 Å². The highest BCUT2D eigenvalue weighted by molar-refractivity contribution is 5.87. The van der Waals surface area contributed by atoms with E-state index in [1.807, 2.05) is 0 Å². The molecule has 0 heterocycles. The Morgan fingerprint density at radius 2 is 2.00 bits per heavy atom. The molecule has 0 aromatic rings. The van der Waals surface area contributed by atoms with Crippen LogP contribution in [-0.4, -0.2) is 59.5 Å². The van der Waals surface area contributed by atoms with Gasteiger partial charge >= 0.3 is 12.1 Å². The lowest BCUT2D eigenvalue weighted by Gasteiger charge is -2.27. The number of carbonyl (C=O) groups excluding carboxylic acids is 2. The van der Waals surface area contributed by atoms with Gasteiger partial charge in [-0.05, 0) is 20.8 Å². The number of esters is 1. The van der Waals surface area contributed by atoms with Gasteiger partial charge < -0.3 is 19.7 Å². The van der Waals surface area contributed by atoms with Gasteiger partial charge in [-0.1, -0.05) is 6.58 Å². The lowest BCUT2D eigenvalue weighted by atomic mass is 10.4. The van der Waals surface area contributed by atoms with E-state index in [1.165, 1.54) is 13.8 Å². The number of aliphatic hydroxyl groups is 2. The molecule has 0 aliphatic carbocycles. The first-order valence-electron chi connectivity index (χ1n) is 6.07. The van der Waals surface area contributed by atoms with Crippen LogP contribution in [0.1, 0.15) is 20.8 Å². The fourth-order valence-corrected chi connectivity index (χ4v) is 1.02. The Kier molecular flexibility index (Phi) is 8.53. The lowest BCUT2D eigenvalue weighted by Crippen LogP contribution is -2.43. The van der Waals surface area contributed by atoms with E-state index in [0.29, 0.717) is 5.06 Å². The molecule has 0 spiro atoms. The highest BCUT2D eigenvalue weighted by Gasteiger charge is 2.26. The van der Waals surface area contributed by atoms with E-state index in [4.69, 9.17) is 19.4 Å². The number of carbonyl (C=O) groups is 2.